The summed E-state index contributed by atoms with van der Waals surface area (Å²) < 4.78 is 45.2. The van der Waals surface area contributed by atoms with E-state index in [0.717, 1.165) is 38.2 Å². The summed E-state index contributed by atoms with van der Waals surface area (Å²) in [6.07, 6.45) is 10.6. The summed E-state index contributed by atoms with van der Waals surface area (Å²) in [5.74, 6) is -2.04. The first kappa shape index (κ1) is 12.8. The van der Waals surface area contributed by atoms with Gasteiger partial charge in [-0.15, -0.1) is 0 Å². The van der Waals surface area contributed by atoms with Crippen LogP contribution in [-0.2, 0) is 4.79 Å². The Balaban J connectivity index is 4.25. The SMILES string of the molecule is [2H]C([2H])(/C=C\C/C=C\C/C=C\C/C=C\CCCCCO)C([2H])([2H])C([2H])([2H])C(=O)O. The monoisotopic (exact) mass is 326 g/mol. The topological polar surface area (TPSA) is 57.5 Å². The molecule has 0 aliphatic heterocycles. The summed E-state index contributed by atoms with van der Waals surface area (Å²) in [6.45, 7) is 0.250. The second kappa shape index (κ2) is 18.4. The van der Waals surface area contributed by atoms with Crippen molar-refractivity contribution in [1.29, 1.82) is 0 Å². The van der Waals surface area contributed by atoms with Gasteiger partial charge in [-0.1, -0.05) is 55.0 Å². The summed E-state index contributed by atoms with van der Waals surface area (Å²) in [5, 5.41) is 17.5. The van der Waals surface area contributed by atoms with Crippen LogP contribution in [0.2, 0.25) is 0 Å². The number of hydrogen-bond donors (Lipinski definition) is 2. The maximum atomic E-state index is 10.9. The highest BCUT2D eigenvalue weighted by Gasteiger charge is 1.92. The van der Waals surface area contributed by atoms with E-state index in [1.54, 1.807) is 6.08 Å². The Kier molecular flexibility index (Phi) is 10.2. The van der Waals surface area contributed by atoms with Crippen LogP contribution in [0, 0.1) is 0 Å². The molecule has 0 radical (unpaired) electrons. The van der Waals surface area contributed by atoms with Crippen molar-refractivity contribution in [3.05, 3.63) is 48.6 Å². The maximum Gasteiger partial charge on any atom is 0.303 e. The van der Waals surface area contributed by atoms with Gasteiger partial charge >= 0.3 is 5.97 Å². The van der Waals surface area contributed by atoms with Crippen LogP contribution >= 0.6 is 0 Å². The van der Waals surface area contributed by atoms with E-state index in [4.69, 9.17) is 18.4 Å². The molecule has 0 unspecified atom stereocenters. The first-order valence-electron chi connectivity index (χ1n) is 11.0. The molecule has 0 saturated heterocycles. The molecule has 0 atom stereocenters. The number of hydrogen-bond acceptors (Lipinski definition) is 2. The minimum Gasteiger partial charge on any atom is -0.481 e. The summed E-state index contributed by atoms with van der Waals surface area (Å²) in [4.78, 5) is 10.9. The molecule has 0 fully saturated rings. The first-order valence-corrected chi connectivity index (χ1v) is 7.97. The highest BCUT2D eigenvalue weighted by atomic mass is 16.4. The zero-order valence-corrected chi connectivity index (χ0v) is 13.6. The summed E-state index contributed by atoms with van der Waals surface area (Å²) in [6, 6.07) is 0. The molecule has 0 aliphatic carbocycles. The molecule has 0 aromatic carbocycles. The maximum absolute atomic E-state index is 10.9. The highest BCUT2D eigenvalue weighted by molar-refractivity contribution is 5.66. The third-order valence-corrected chi connectivity index (χ3v) is 2.79. The number of allylic oxidation sites excluding steroid dienone is 8. The molecule has 0 aromatic heterocycles. The quantitative estimate of drug-likeness (QED) is 0.322. The highest BCUT2D eigenvalue weighted by Crippen LogP contribution is 2.01. The second-order valence-corrected chi connectivity index (χ2v) is 4.80. The van der Waals surface area contributed by atoms with E-state index in [0.29, 0.717) is 12.8 Å². The van der Waals surface area contributed by atoms with Crippen LogP contribution in [0.5, 0.6) is 0 Å². The zero-order chi connectivity index (χ0) is 22.4. The molecule has 3 heteroatoms. The average Bonchev–Trinajstić information content (AvgIpc) is 2.64. The van der Waals surface area contributed by atoms with E-state index in [9.17, 15) is 4.79 Å². The van der Waals surface area contributed by atoms with Crippen molar-refractivity contribution in [2.45, 2.75) is 64.1 Å². The molecule has 0 aromatic rings. The van der Waals surface area contributed by atoms with Gasteiger partial charge in [0.2, 0.25) is 0 Å². The molecule has 3 nitrogen and oxygen atoms in total. The van der Waals surface area contributed by atoms with Gasteiger partial charge in [0.25, 0.3) is 0 Å². The summed E-state index contributed by atoms with van der Waals surface area (Å²) >= 11 is 0. The Morgan fingerprint density at radius 3 is 1.96 bits per heavy atom. The van der Waals surface area contributed by atoms with Crippen molar-refractivity contribution in [1.82, 2.24) is 0 Å². The molecule has 0 rings (SSSR count). The number of aliphatic hydroxyl groups excluding tert-OH is 1. The summed E-state index contributed by atoms with van der Waals surface area (Å²) in [5.41, 5.74) is 0. The number of carbonyl (C=O) groups is 1. The van der Waals surface area contributed by atoms with Gasteiger partial charge in [0.15, 0.2) is 0 Å². The third kappa shape index (κ3) is 20.4. The number of carboxylic acid groups (broad SMARTS) is 1. The van der Waals surface area contributed by atoms with Crippen LogP contribution in [-0.4, -0.2) is 22.8 Å². The van der Waals surface area contributed by atoms with Gasteiger partial charge in [0, 0.05) is 21.2 Å². The molecule has 0 heterocycles. The van der Waals surface area contributed by atoms with Gasteiger partial charge in [0.05, 0.1) is 0 Å². The summed E-state index contributed by atoms with van der Waals surface area (Å²) in [7, 11) is 0. The van der Waals surface area contributed by atoms with Gasteiger partial charge in [0.1, 0.15) is 0 Å². The molecular formula is C20H32O3. The molecule has 0 bridgehead atoms. The Morgan fingerprint density at radius 2 is 1.39 bits per heavy atom. The Hall–Kier alpha value is -1.61. The fraction of sp³-hybridized carbons (Fsp3) is 0.550. The molecule has 0 aliphatic rings. The van der Waals surface area contributed by atoms with Crippen LogP contribution in [0.3, 0.4) is 0 Å². The zero-order valence-electron chi connectivity index (χ0n) is 19.6. The Bertz CT molecular complexity index is 595. The van der Waals surface area contributed by atoms with Crippen LogP contribution < -0.4 is 0 Å². The van der Waals surface area contributed by atoms with E-state index in [-0.39, 0.29) is 6.61 Å². The lowest BCUT2D eigenvalue weighted by Gasteiger charge is -1.93. The number of unbranched alkanes of at least 4 members (excludes halogenated alkanes) is 3. The van der Waals surface area contributed by atoms with E-state index < -0.39 is 25.1 Å². The van der Waals surface area contributed by atoms with Crippen LogP contribution in [0.15, 0.2) is 48.6 Å². The Morgan fingerprint density at radius 1 is 0.826 bits per heavy atom. The van der Waals surface area contributed by atoms with Gasteiger partial charge in [-0.05, 0) is 51.3 Å². The van der Waals surface area contributed by atoms with Crippen molar-refractivity contribution < 1.29 is 23.2 Å². The fourth-order valence-electron chi connectivity index (χ4n) is 1.64. The van der Waals surface area contributed by atoms with Crippen molar-refractivity contribution in [2.24, 2.45) is 0 Å². The van der Waals surface area contributed by atoms with Gasteiger partial charge in [-0.2, -0.15) is 0 Å². The minimum absolute atomic E-state index is 0.250. The standard InChI is InChI=1S/C20H32O3/c21-19-17-15-13-11-9-7-5-3-1-2-4-6-8-10-12-14-16-18-20(22)23/h1,3-4,6-7,9-10,12,21H,2,5,8,11,13-19H2,(H,22,23)/b3-1-,6-4-,9-7-,12-10-/i14D2,16D2,18D2. The lowest BCUT2D eigenvalue weighted by molar-refractivity contribution is -0.137. The number of carboxylic acids is 1. The lowest BCUT2D eigenvalue weighted by Crippen LogP contribution is -1.92. The normalized spacial score (nSPS) is 18.1. The van der Waals surface area contributed by atoms with E-state index in [1.165, 1.54) is 6.08 Å². The molecule has 130 valence electrons. The molecule has 0 amide bonds. The van der Waals surface area contributed by atoms with Crippen molar-refractivity contribution in [2.75, 3.05) is 6.61 Å². The third-order valence-electron chi connectivity index (χ3n) is 2.79. The lowest BCUT2D eigenvalue weighted by atomic mass is 10.2. The van der Waals surface area contributed by atoms with Gasteiger partial charge in [-0.25, -0.2) is 0 Å². The predicted molar refractivity (Wildman–Crippen MR) is 97.5 cm³/mol. The first-order chi connectivity index (χ1) is 13.5. The van der Waals surface area contributed by atoms with Crippen LogP contribution in [0.1, 0.15) is 72.3 Å². The average molecular weight is 327 g/mol. The van der Waals surface area contributed by atoms with Crippen LogP contribution in [0.4, 0.5) is 0 Å². The van der Waals surface area contributed by atoms with Gasteiger partial charge in [-0.3, -0.25) is 4.79 Å². The molecule has 0 spiro atoms. The van der Waals surface area contributed by atoms with E-state index in [1.807, 2.05) is 18.2 Å². The van der Waals surface area contributed by atoms with Crippen molar-refractivity contribution in [3.8, 4) is 0 Å². The number of aliphatic hydroxyl groups is 1. The predicted octanol–water partition coefficient (Wildman–Crippen LogP) is 5.19. The van der Waals surface area contributed by atoms with E-state index in [2.05, 4.69) is 12.2 Å². The van der Waals surface area contributed by atoms with E-state index >= 15 is 0 Å². The number of aliphatic carboxylic acids is 1. The molecule has 2 N–H and O–H groups in total. The minimum atomic E-state index is -3.35. The molecule has 0 saturated carbocycles. The second-order valence-electron chi connectivity index (χ2n) is 4.80. The van der Waals surface area contributed by atoms with Crippen LogP contribution in [0.25, 0.3) is 0 Å². The van der Waals surface area contributed by atoms with Gasteiger partial charge < -0.3 is 10.2 Å². The number of rotatable bonds is 15. The smallest absolute Gasteiger partial charge is 0.303 e. The van der Waals surface area contributed by atoms with Crippen molar-refractivity contribution in [3.63, 3.8) is 0 Å². The van der Waals surface area contributed by atoms with Crippen molar-refractivity contribution >= 4 is 5.97 Å². The fourth-order valence-corrected chi connectivity index (χ4v) is 1.64. The molecule has 23 heavy (non-hydrogen) atoms. The Labute approximate surface area is 149 Å². The molecular weight excluding hydrogens is 288 g/mol. The largest absolute Gasteiger partial charge is 0.481 e.